The monoisotopic (exact) mass is 283 g/mol. The van der Waals surface area contributed by atoms with Crippen LogP contribution < -0.4 is 5.32 Å². The lowest BCUT2D eigenvalue weighted by Gasteiger charge is -2.31. The summed E-state index contributed by atoms with van der Waals surface area (Å²) in [6, 6.07) is 5.69. The summed E-state index contributed by atoms with van der Waals surface area (Å²) in [5.74, 6) is 0.233. The molecule has 0 radical (unpaired) electrons. The zero-order chi connectivity index (χ0) is 14.0. The molecule has 19 heavy (non-hydrogen) atoms. The van der Waals surface area contributed by atoms with E-state index in [1.54, 1.807) is 6.07 Å². The van der Waals surface area contributed by atoms with Crippen molar-refractivity contribution >= 4 is 11.6 Å². The fourth-order valence-corrected chi connectivity index (χ4v) is 2.39. The Morgan fingerprint density at radius 1 is 1.37 bits per heavy atom. The molecular weight excluding hydrogens is 261 g/mol. The molecule has 1 N–H and O–H groups in total. The standard InChI is InChI=1S/C16H23ClFN/c1-16(2,3)12(10-19-14-6-7-14)8-11-4-5-13(17)9-15(11)18/h4-5,9,12,14,19H,6-8,10H2,1-3H3. The van der Waals surface area contributed by atoms with Gasteiger partial charge in [-0.2, -0.15) is 0 Å². The fraction of sp³-hybridized carbons (Fsp3) is 0.625. The highest BCUT2D eigenvalue weighted by molar-refractivity contribution is 6.30. The Kier molecular flexibility index (Phi) is 4.52. The minimum absolute atomic E-state index is 0.161. The van der Waals surface area contributed by atoms with Crippen LogP contribution in [0.2, 0.25) is 5.02 Å². The Bertz CT molecular complexity index is 435. The highest BCUT2D eigenvalue weighted by Crippen LogP contribution is 2.31. The van der Waals surface area contributed by atoms with Crippen LogP contribution in [0.1, 0.15) is 39.2 Å². The third-order valence-electron chi connectivity index (χ3n) is 3.94. The molecule has 0 bridgehead atoms. The smallest absolute Gasteiger partial charge is 0.127 e. The second-order valence-corrected chi connectivity index (χ2v) is 7.12. The average Bonchev–Trinajstić information content (AvgIpc) is 3.09. The number of nitrogens with one attached hydrogen (secondary N) is 1. The Hall–Kier alpha value is -0.600. The number of halogens is 2. The predicted molar refractivity (Wildman–Crippen MR) is 79.1 cm³/mol. The molecule has 2 rings (SSSR count). The minimum atomic E-state index is -0.187. The maximum absolute atomic E-state index is 13.9. The van der Waals surface area contributed by atoms with E-state index in [1.807, 2.05) is 6.07 Å². The van der Waals surface area contributed by atoms with E-state index in [9.17, 15) is 4.39 Å². The maximum atomic E-state index is 13.9. The van der Waals surface area contributed by atoms with Gasteiger partial charge in [-0.25, -0.2) is 4.39 Å². The van der Waals surface area contributed by atoms with Gasteiger partial charge in [0.2, 0.25) is 0 Å². The van der Waals surface area contributed by atoms with Gasteiger partial charge in [0.05, 0.1) is 0 Å². The van der Waals surface area contributed by atoms with Crippen molar-refractivity contribution in [2.24, 2.45) is 11.3 Å². The first-order valence-corrected chi connectivity index (χ1v) is 7.41. The third kappa shape index (κ3) is 4.47. The van der Waals surface area contributed by atoms with Crippen LogP contribution in [0.25, 0.3) is 0 Å². The van der Waals surface area contributed by atoms with Crippen molar-refractivity contribution < 1.29 is 4.39 Å². The van der Waals surface area contributed by atoms with Crippen molar-refractivity contribution in [2.75, 3.05) is 6.54 Å². The summed E-state index contributed by atoms with van der Waals surface area (Å²) in [4.78, 5) is 0. The molecule has 0 spiro atoms. The molecule has 0 heterocycles. The fourth-order valence-electron chi connectivity index (χ4n) is 2.23. The lowest BCUT2D eigenvalue weighted by molar-refractivity contribution is 0.228. The summed E-state index contributed by atoms with van der Waals surface area (Å²) in [6.07, 6.45) is 3.32. The Labute approximate surface area is 120 Å². The van der Waals surface area contributed by atoms with Crippen LogP contribution in [0.5, 0.6) is 0 Å². The van der Waals surface area contributed by atoms with Crippen molar-refractivity contribution in [3.8, 4) is 0 Å². The SMILES string of the molecule is CC(C)(C)C(CNC1CC1)Cc1ccc(Cl)cc1F. The number of hydrogen-bond acceptors (Lipinski definition) is 1. The summed E-state index contributed by atoms with van der Waals surface area (Å²) >= 11 is 5.80. The van der Waals surface area contributed by atoms with Crippen LogP contribution >= 0.6 is 11.6 Å². The second-order valence-electron chi connectivity index (χ2n) is 6.69. The Morgan fingerprint density at radius 2 is 2.05 bits per heavy atom. The van der Waals surface area contributed by atoms with Gasteiger partial charge in [-0.15, -0.1) is 0 Å². The second kappa shape index (κ2) is 5.80. The predicted octanol–water partition coefficient (Wildman–Crippen LogP) is 4.44. The Morgan fingerprint density at radius 3 is 2.58 bits per heavy atom. The number of rotatable bonds is 5. The van der Waals surface area contributed by atoms with Crippen LogP contribution in [-0.2, 0) is 6.42 Å². The first-order chi connectivity index (χ1) is 8.86. The minimum Gasteiger partial charge on any atom is -0.314 e. The summed E-state index contributed by atoms with van der Waals surface area (Å²) in [5, 5.41) is 4.03. The van der Waals surface area contributed by atoms with Crippen LogP contribution in [0.3, 0.4) is 0 Å². The number of hydrogen-bond donors (Lipinski definition) is 1. The first-order valence-electron chi connectivity index (χ1n) is 7.03. The maximum Gasteiger partial charge on any atom is 0.127 e. The average molecular weight is 284 g/mol. The molecule has 1 aromatic carbocycles. The zero-order valence-corrected chi connectivity index (χ0v) is 12.7. The van der Waals surface area contributed by atoms with Crippen LogP contribution in [0, 0.1) is 17.2 Å². The van der Waals surface area contributed by atoms with Gasteiger partial charge in [0.15, 0.2) is 0 Å². The van der Waals surface area contributed by atoms with Crippen LogP contribution in [0.4, 0.5) is 4.39 Å². The molecule has 1 aliphatic carbocycles. The van der Waals surface area contributed by atoms with Crippen molar-refractivity contribution in [3.05, 3.63) is 34.6 Å². The van der Waals surface area contributed by atoms with Gasteiger partial charge in [-0.05, 0) is 54.8 Å². The van der Waals surface area contributed by atoms with E-state index >= 15 is 0 Å². The summed E-state index contributed by atoms with van der Waals surface area (Å²) < 4.78 is 13.9. The molecule has 106 valence electrons. The molecule has 1 atom stereocenters. The van der Waals surface area contributed by atoms with E-state index in [0.717, 1.165) is 18.5 Å². The molecule has 0 aliphatic heterocycles. The van der Waals surface area contributed by atoms with E-state index < -0.39 is 0 Å². The van der Waals surface area contributed by atoms with Crippen molar-refractivity contribution in [1.82, 2.24) is 5.32 Å². The zero-order valence-electron chi connectivity index (χ0n) is 12.0. The van der Waals surface area contributed by atoms with Crippen LogP contribution in [-0.4, -0.2) is 12.6 Å². The molecule has 0 saturated heterocycles. The van der Waals surface area contributed by atoms with Gasteiger partial charge in [0.25, 0.3) is 0 Å². The molecule has 1 saturated carbocycles. The van der Waals surface area contributed by atoms with Gasteiger partial charge >= 0.3 is 0 Å². The highest BCUT2D eigenvalue weighted by atomic mass is 35.5. The molecule has 1 fully saturated rings. The van der Waals surface area contributed by atoms with Gasteiger partial charge in [0, 0.05) is 11.1 Å². The van der Waals surface area contributed by atoms with Gasteiger partial charge < -0.3 is 5.32 Å². The highest BCUT2D eigenvalue weighted by Gasteiger charge is 2.28. The molecule has 1 aliphatic rings. The number of benzene rings is 1. The molecule has 1 unspecified atom stereocenters. The first kappa shape index (κ1) is 14.8. The molecule has 3 heteroatoms. The van der Waals surface area contributed by atoms with E-state index in [4.69, 9.17) is 11.6 Å². The molecule has 0 amide bonds. The van der Waals surface area contributed by atoms with Crippen LogP contribution in [0.15, 0.2) is 18.2 Å². The molecular formula is C16H23ClFN. The summed E-state index contributed by atoms with van der Waals surface area (Å²) in [6.45, 7) is 7.62. The van der Waals surface area contributed by atoms with Crippen molar-refractivity contribution in [2.45, 2.75) is 46.1 Å². The van der Waals surface area contributed by atoms with E-state index in [0.29, 0.717) is 17.0 Å². The van der Waals surface area contributed by atoms with Gasteiger partial charge in [0.1, 0.15) is 5.82 Å². The lowest BCUT2D eigenvalue weighted by atomic mass is 9.77. The molecule has 0 aromatic heterocycles. The molecule has 1 aromatic rings. The normalized spacial score (nSPS) is 17.5. The van der Waals surface area contributed by atoms with E-state index in [2.05, 4.69) is 26.1 Å². The van der Waals surface area contributed by atoms with Crippen molar-refractivity contribution in [3.63, 3.8) is 0 Å². The van der Waals surface area contributed by atoms with E-state index in [-0.39, 0.29) is 11.2 Å². The summed E-state index contributed by atoms with van der Waals surface area (Å²) in [5.41, 5.74) is 0.926. The summed E-state index contributed by atoms with van der Waals surface area (Å²) in [7, 11) is 0. The third-order valence-corrected chi connectivity index (χ3v) is 4.17. The molecule has 1 nitrogen and oxygen atoms in total. The topological polar surface area (TPSA) is 12.0 Å². The van der Waals surface area contributed by atoms with Gasteiger partial charge in [-0.3, -0.25) is 0 Å². The Balaban J connectivity index is 2.05. The van der Waals surface area contributed by atoms with Gasteiger partial charge in [-0.1, -0.05) is 38.4 Å². The lowest BCUT2D eigenvalue weighted by Crippen LogP contribution is -2.34. The quantitative estimate of drug-likeness (QED) is 0.843. The largest absolute Gasteiger partial charge is 0.314 e. The van der Waals surface area contributed by atoms with E-state index in [1.165, 1.54) is 18.9 Å². The van der Waals surface area contributed by atoms with Crippen molar-refractivity contribution in [1.29, 1.82) is 0 Å².